The van der Waals surface area contributed by atoms with Gasteiger partial charge in [0.15, 0.2) is 5.13 Å². The number of amides is 1. The maximum atomic E-state index is 12.2. The molecule has 144 valence electrons. The highest BCUT2D eigenvalue weighted by atomic mass is 32.1. The molecule has 1 amide bonds. The molecule has 1 atom stereocenters. The predicted molar refractivity (Wildman–Crippen MR) is 105 cm³/mol. The smallest absolute Gasteiger partial charge is 0.262 e. The van der Waals surface area contributed by atoms with Crippen molar-refractivity contribution in [3.63, 3.8) is 0 Å². The van der Waals surface area contributed by atoms with Crippen molar-refractivity contribution in [3.8, 4) is 5.75 Å². The summed E-state index contributed by atoms with van der Waals surface area (Å²) in [7, 11) is 0. The average molecular weight is 397 g/mol. The van der Waals surface area contributed by atoms with E-state index in [1.165, 1.54) is 17.6 Å². The van der Waals surface area contributed by atoms with Gasteiger partial charge in [0.2, 0.25) is 0 Å². The number of hydrazone groups is 1. The molecule has 2 aromatic carbocycles. The second-order valence-electron chi connectivity index (χ2n) is 5.79. The Balaban J connectivity index is 1.58. The van der Waals surface area contributed by atoms with Gasteiger partial charge in [-0.15, -0.1) is 0 Å². The van der Waals surface area contributed by atoms with Crippen LogP contribution >= 0.6 is 11.3 Å². The summed E-state index contributed by atoms with van der Waals surface area (Å²) in [5.41, 5.74) is 3.83. The van der Waals surface area contributed by atoms with E-state index in [4.69, 9.17) is 4.74 Å². The number of thiazole rings is 1. The fourth-order valence-electron chi connectivity index (χ4n) is 2.30. The van der Waals surface area contributed by atoms with Crippen molar-refractivity contribution in [1.29, 1.82) is 0 Å². The van der Waals surface area contributed by atoms with E-state index in [1.807, 2.05) is 24.3 Å². The van der Waals surface area contributed by atoms with Gasteiger partial charge >= 0.3 is 0 Å². The lowest BCUT2D eigenvalue weighted by Crippen LogP contribution is -2.34. The molecule has 0 aliphatic rings. The maximum Gasteiger partial charge on any atom is 0.262 e. The van der Waals surface area contributed by atoms with Crippen LogP contribution in [0.2, 0.25) is 0 Å². The number of nitrogens with zero attached hydrogens (tertiary/aromatic N) is 2. The Hall–Kier alpha value is -3.46. The number of benzene rings is 2. The zero-order chi connectivity index (χ0) is 19.9. The summed E-state index contributed by atoms with van der Waals surface area (Å²) in [6.07, 6.45) is 1.38. The summed E-state index contributed by atoms with van der Waals surface area (Å²) in [6, 6.07) is 13.9. The first kappa shape index (κ1) is 19.3. The number of carbonyl (C=O) groups excluding carboxylic acids is 2. The van der Waals surface area contributed by atoms with Crippen molar-refractivity contribution in [1.82, 2.24) is 10.4 Å². The van der Waals surface area contributed by atoms with Crippen molar-refractivity contribution < 1.29 is 19.4 Å². The highest BCUT2D eigenvalue weighted by molar-refractivity contribution is 7.22. The molecule has 28 heavy (non-hydrogen) atoms. The Morgan fingerprint density at radius 2 is 2.00 bits per heavy atom. The third-order valence-corrected chi connectivity index (χ3v) is 4.64. The van der Waals surface area contributed by atoms with Crippen molar-refractivity contribution >= 4 is 44.8 Å². The van der Waals surface area contributed by atoms with Crippen molar-refractivity contribution in [2.24, 2.45) is 5.10 Å². The lowest BCUT2D eigenvalue weighted by Gasteiger charge is -2.11. The first-order valence-corrected chi connectivity index (χ1v) is 9.21. The first-order valence-electron chi connectivity index (χ1n) is 8.39. The number of aliphatic carboxylic acids is 1. The number of para-hydroxylation sites is 2. The lowest BCUT2D eigenvalue weighted by atomic mass is 10.2. The number of aromatic nitrogens is 1. The van der Waals surface area contributed by atoms with Crippen LogP contribution in [-0.2, 0) is 9.59 Å². The maximum absolute atomic E-state index is 12.2. The molecule has 0 radical (unpaired) electrons. The molecular formula is C19H17N4O4S-. The Morgan fingerprint density at radius 3 is 2.79 bits per heavy atom. The van der Waals surface area contributed by atoms with Gasteiger partial charge in [-0.05, 0) is 31.2 Å². The number of nitrogens with one attached hydrogen (secondary N) is 2. The van der Waals surface area contributed by atoms with Crippen molar-refractivity contribution in [2.75, 3.05) is 11.9 Å². The standard InChI is InChI=1S/C19H18N4O4S/c1-12(21-19-22-14-7-3-5-9-16(14)28-19)18(26)23-20-10-13-6-2-4-8-15(13)27-11-17(24)25/h2-10,12H,11H2,1H3,(H,21,22)(H,23,26)(H,24,25)/p-1/b20-10-/t12-/m1/s1. The topological polar surface area (TPSA) is 116 Å². The zero-order valence-electron chi connectivity index (χ0n) is 14.9. The van der Waals surface area contributed by atoms with Crippen molar-refractivity contribution in [3.05, 3.63) is 54.1 Å². The monoisotopic (exact) mass is 397 g/mol. The number of carbonyl (C=O) groups is 2. The molecule has 8 nitrogen and oxygen atoms in total. The summed E-state index contributed by atoms with van der Waals surface area (Å²) in [5, 5.41) is 18.1. The molecule has 0 unspecified atom stereocenters. The molecule has 0 saturated carbocycles. The minimum Gasteiger partial charge on any atom is -0.546 e. The van der Waals surface area contributed by atoms with E-state index in [0.717, 1.165) is 10.2 Å². The Labute approximate surface area is 164 Å². The molecule has 3 aromatic rings. The van der Waals surface area contributed by atoms with E-state index in [2.05, 4.69) is 20.8 Å². The Bertz CT molecular complexity index is 985. The largest absolute Gasteiger partial charge is 0.546 e. The van der Waals surface area contributed by atoms with E-state index in [0.29, 0.717) is 16.4 Å². The number of hydrogen-bond donors (Lipinski definition) is 2. The van der Waals surface area contributed by atoms with Crippen LogP contribution in [0.4, 0.5) is 5.13 Å². The molecular weight excluding hydrogens is 380 g/mol. The van der Waals surface area contributed by atoms with E-state index >= 15 is 0 Å². The summed E-state index contributed by atoms with van der Waals surface area (Å²) < 4.78 is 6.16. The van der Waals surface area contributed by atoms with Gasteiger partial charge in [-0.25, -0.2) is 10.4 Å². The minimum absolute atomic E-state index is 0.324. The van der Waals surface area contributed by atoms with Crippen LogP contribution < -0.4 is 20.6 Å². The van der Waals surface area contributed by atoms with Gasteiger partial charge < -0.3 is 20.0 Å². The summed E-state index contributed by atoms with van der Waals surface area (Å²) in [5.74, 6) is -1.34. The predicted octanol–water partition coefficient (Wildman–Crippen LogP) is 1.38. The number of ether oxygens (including phenoxy) is 1. The van der Waals surface area contributed by atoms with Crippen molar-refractivity contribution in [2.45, 2.75) is 13.0 Å². The van der Waals surface area contributed by atoms with Gasteiger partial charge in [0, 0.05) is 5.56 Å². The SMILES string of the molecule is C[C@@H](Nc1nc2ccccc2s1)C(=O)N/N=C\c1ccccc1OCC(=O)[O-]. The van der Waals surface area contributed by atoms with E-state index in [-0.39, 0.29) is 5.91 Å². The molecule has 0 saturated heterocycles. The van der Waals surface area contributed by atoms with Crippen LogP contribution in [-0.4, -0.2) is 35.7 Å². The highest BCUT2D eigenvalue weighted by Gasteiger charge is 2.14. The van der Waals surface area contributed by atoms with Crippen LogP contribution in [0, 0.1) is 0 Å². The number of anilines is 1. The minimum atomic E-state index is -1.32. The number of carboxylic acids is 1. The average Bonchev–Trinajstić information content (AvgIpc) is 3.09. The number of hydrogen-bond acceptors (Lipinski definition) is 8. The fourth-order valence-corrected chi connectivity index (χ4v) is 3.26. The third kappa shape index (κ3) is 5.04. The van der Waals surface area contributed by atoms with Gasteiger partial charge in [0.25, 0.3) is 5.91 Å². The van der Waals surface area contributed by atoms with E-state index < -0.39 is 18.6 Å². The number of rotatable bonds is 8. The van der Waals surface area contributed by atoms with E-state index in [9.17, 15) is 14.7 Å². The van der Waals surface area contributed by atoms with Crippen LogP contribution in [0.1, 0.15) is 12.5 Å². The molecule has 0 bridgehead atoms. The second-order valence-corrected chi connectivity index (χ2v) is 6.82. The molecule has 0 fully saturated rings. The second kappa shape index (κ2) is 8.96. The first-order chi connectivity index (χ1) is 13.5. The molecule has 9 heteroatoms. The van der Waals surface area contributed by atoms with Crippen LogP contribution in [0.3, 0.4) is 0 Å². The molecule has 0 aliphatic carbocycles. The summed E-state index contributed by atoms with van der Waals surface area (Å²) >= 11 is 1.46. The molecule has 0 aliphatic heterocycles. The fraction of sp³-hybridized carbons (Fsp3) is 0.158. The number of fused-ring (bicyclic) bond motifs is 1. The van der Waals surface area contributed by atoms with Gasteiger partial charge in [0.05, 0.1) is 22.4 Å². The van der Waals surface area contributed by atoms with Crippen LogP contribution in [0.25, 0.3) is 10.2 Å². The lowest BCUT2D eigenvalue weighted by molar-refractivity contribution is -0.307. The quantitative estimate of drug-likeness (QED) is 0.438. The van der Waals surface area contributed by atoms with Gasteiger partial charge in [-0.2, -0.15) is 5.10 Å². The normalized spacial score (nSPS) is 12.0. The highest BCUT2D eigenvalue weighted by Crippen LogP contribution is 2.25. The molecule has 0 spiro atoms. The molecule has 1 heterocycles. The third-order valence-electron chi connectivity index (χ3n) is 3.67. The van der Waals surface area contributed by atoms with Gasteiger partial charge in [-0.1, -0.05) is 35.6 Å². The molecule has 3 rings (SSSR count). The van der Waals surface area contributed by atoms with Crippen LogP contribution in [0.15, 0.2) is 53.6 Å². The number of carboxylic acid groups (broad SMARTS) is 1. The zero-order valence-corrected chi connectivity index (χ0v) is 15.7. The van der Waals surface area contributed by atoms with Crippen LogP contribution in [0.5, 0.6) is 5.75 Å². The summed E-state index contributed by atoms with van der Waals surface area (Å²) in [6.45, 7) is 1.13. The Morgan fingerprint density at radius 1 is 1.25 bits per heavy atom. The summed E-state index contributed by atoms with van der Waals surface area (Å²) in [4.78, 5) is 27.2. The Kier molecular flexibility index (Phi) is 6.18. The molecule has 2 N–H and O–H groups in total. The van der Waals surface area contributed by atoms with Gasteiger partial charge in [0.1, 0.15) is 18.4 Å². The van der Waals surface area contributed by atoms with Gasteiger partial charge in [-0.3, -0.25) is 4.79 Å². The van der Waals surface area contributed by atoms with E-state index in [1.54, 1.807) is 31.2 Å². The molecule has 1 aromatic heterocycles.